The highest BCUT2D eigenvalue weighted by atomic mass is 35.5. The van der Waals surface area contributed by atoms with Gasteiger partial charge < -0.3 is 46.9 Å². The summed E-state index contributed by atoms with van der Waals surface area (Å²) in [5.41, 5.74) is 8.91. The van der Waals surface area contributed by atoms with E-state index in [1.165, 1.54) is 18.2 Å². The number of anilines is 2. The zero-order chi connectivity index (χ0) is 44.5. The Hall–Kier alpha value is -5.12. The van der Waals surface area contributed by atoms with Crippen LogP contribution in [0.5, 0.6) is 0 Å². The van der Waals surface area contributed by atoms with E-state index in [0.29, 0.717) is 64.1 Å². The van der Waals surface area contributed by atoms with Gasteiger partial charge in [-0.1, -0.05) is 23.2 Å². The maximum Gasteiger partial charge on any atom is 0.407 e. The highest BCUT2D eigenvalue weighted by molar-refractivity contribution is 6.33. The number of hydrogen-bond donors (Lipinski definition) is 7. The fourth-order valence-corrected chi connectivity index (χ4v) is 5.67. The third-order valence-corrected chi connectivity index (χ3v) is 8.97. The van der Waals surface area contributed by atoms with E-state index in [1.54, 1.807) is 52.8 Å². The maximum atomic E-state index is 12.4. The molecule has 0 heterocycles. The smallest absolute Gasteiger partial charge is 0.407 e. The van der Waals surface area contributed by atoms with E-state index >= 15 is 0 Å². The van der Waals surface area contributed by atoms with E-state index in [1.807, 2.05) is 20.8 Å². The minimum atomic E-state index is -1.01. The highest BCUT2D eigenvalue weighted by Crippen LogP contribution is 2.30. The van der Waals surface area contributed by atoms with Gasteiger partial charge in [0.1, 0.15) is 11.2 Å². The first kappa shape index (κ1) is 50.0. The lowest BCUT2D eigenvalue weighted by atomic mass is 9.96. The van der Waals surface area contributed by atoms with Crippen LogP contribution in [0, 0.1) is 0 Å². The summed E-state index contributed by atoms with van der Waals surface area (Å²) >= 11 is 12.3. The van der Waals surface area contributed by atoms with Gasteiger partial charge in [-0.15, -0.1) is 0 Å². The summed E-state index contributed by atoms with van der Waals surface area (Å²) in [5, 5.41) is 24.0. The highest BCUT2D eigenvalue weighted by Gasteiger charge is 2.20. The summed E-state index contributed by atoms with van der Waals surface area (Å²) < 4.78 is 10.1. The van der Waals surface area contributed by atoms with Gasteiger partial charge in [0, 0.05) is 67.1 Å². The minimum Gasteiger partial charge on any atom is -0.478 e. The molecule has 2 aliphatic rings. The van der Waals surface area contributed by atoms with Crippen LogP contribution in [0.4, 0.5) is 21.0 Å². The fraction of sp³-hybridized carbons (Fsp3) is 0.476. The molecule has 8 N–H and O–H groups in total. The normalized spacial score (nSPS) is 14.2. The largest absolute Gasteiger partial charge is 0.478 e. The summed E-state index contributed by atoms with van der Waals surface area (Å²) in [6, 6.07) is 9.37. The fourth-order valence-electron chi connectivity index (χ4n) is 5.34. The Morgan fingerprint density at radius 1 is 0.661 bits per heavy atom. The van der Waals surface area contributed by atoms with Crippen LogP contribution in [0.25, 0.3) is 0 Å². The Balaban J connectivity index is 0.000000342. The van der Waals surface area contributed by atoms with Crippen LogP contribution in [-0.4, -0.2) is 78.1 Å². The number of carbonyl (C=O) groups is 6. The zero-order valence-electron chi connectivity index (χ0n) is 35.1. The molecule has 17 heteroatoms. The maximum absolute atomic E-state index is 12.4. The van der Waals surface area contributed by atoms with Gasteiger partial charge >= 0.3 is 18.2 Å². The van der Waals surface area contributed by atoms with Crippen LogP contribution in [0.15, 0.2) is 58.9 Å². The molecule has 2 aliphatic carbocycles. The first-order valence-electron chi connectivity index (χ1n) is 19.3. The Morgan fingerprint density at radius 2 is 1.07 bits per heavy atom. The van der Waals surface area contributed by atoms with E-state index in [4.69, 9.17) is 43.5 Å². The Labute approximate surface area is 356 Å². The number of allylic oxidation sites excluding steroid dienone is 4. The SMILES string of the molecule is CC(C)(C)OC(=O)NCCN.CC1=C(Nc2cc(C(=O)NCCNC(=O)OC(C)(C)C)ccc2Cl)CCCC1=O.CC1=C(Nc2cc(C(=O)O)ccc2Cl)CCCC1=O. The van der Waals surface area contributed by atoms with E-state index in [2.05, 4.69) is 26.6 Å². The lowest BCUT2D eigenvalue weighted by Crippen LogP contribution is -2.37. The molecule has 0 bridgehead atoms. The number of Topliss-reactive ketones (excluding diaryl/α,β-unsaturated/α-hetero) is 2. The van der Waals surface area contributed by atoms with Gasteiger partial charge in [0.05, 0.1) is 27.0 Å². The molecule has 0 radical (unpaired) electrons. The predicted molar refractivity (Wildman–Crippen MR) is 230 cm³/mol. The summed E-state index contributed by atoms with van der Waals surface area (Å²) in [6.07, 6.45) is 3.31. The molecule has 0 aliphatic heterocycles. The monoisotopic (exact) mass is 860 g/mol. The van der Waals surface area contributed by atoms with Gasteiger partial charge in [0.25, 0.3) is 5.91 Å². The molecule has 59 heavy (non-hydrogen) atoms. The number of ketones is 2. The number of carboxylic acids is 1. The molecular formula is C42H58Cl2N6O9. The number of halogens is 2. The average Bonchev–Trinajstić information content (AvgIpc) is 3.13. The Kier molecular flexibility index (Phi) is 19.9. The van der Waals surface area contributed by atoms with Gasteiger partial charge in [0.2, 0.25) is 0 Å². The van der Waals surface area contributed by atoms with Crippen molar-refractivity contribution in [3.8, 4) is 0 Å². The van der Waals surface area contributed by atoms with Gasteiger partial charge in [-0.3, -0.25) is 14.4 Å². The first-order valence-corrected chi connectivity index (χ1v) is 20.0. The lowest BCUT2D eigenvalue weighted by Gasteiger charge is -2.20. The van der Waals surface area contributed by atoms with Crippen molar-refractivity contribution < 1.29 is 43.3 Å². The third-order valence-electron chi connectivity index (χ3n) is 8.31. The second-order valence-electron chi connectivity index (χ2n) is 15.6. The Bertz CT molecular complexity index is 1920. The second kappa shape index (κ2) is 23.5. The molecule has 0 saturated carbocycles. The molecule has 0 fully saturated rings. The first-order chi connectivity index (χ1) is 27.5. The zero-order valence-corrected chi connectivity index (χ0v) is 36.6. The van der Waals surface area contributed by atoms with E-state index < -0.39 is 29.4 Å². The number of carbonyl (C=O) groups excluding carboxylic acids is 5. The van der Waals surface area contributed by atoms with E-state index in [-0.39, 0.29) is 36.1 Å². The number of rotatable bonds is 11. The molecule has 0 atom stereocenters. The van der Waals surface area contributed by atoms with Gasteiger partial charge in [-0.25, -0.2) is 14.4 Å². The number of alkyl carbamates (subject to hydrolysis) is 2. The van der Waals surface area contributed by atoms with E-state index in [0.717, 1.165) is 37.1 Å². The number of hydrogen-bond acceptors (Lipinski definition) is 11. The number of nitrogens with two attached hydrogens (primary N) is 1. The average molecular weight is 862 g/mol. The van der Waals surface area contributed by atoms with Crippen LogP contribution in [-0.2, 0) is 19.1 Å². The second-order valence-corrected chi connectivity index (χ2v) is 16.4. The van der Waals surface area contributed by atoms with Crippen molar-refractivity contribution >= 4 is 70.2 Å². The van der Waals surface area contributed by atoms with Crippen molar-refractivity contribution in [2.24, 2.45) is 5.73 Å². The number of amides is 3. The third kappa shape index (κ3) is 18.6. The number of ether oxygens (including phenoxy) is 2. The standard InChI is InChI=1S/C21H28ClN3O4.C14H14ClNO3.C7H16N2O2/c1-13-16(6-5-7-18(13)26)25-17-12-14(8-9-15(17)22)19(27)23-10-11-24-20(28)29-21(2,3)4;1-8-11(3-2-4-13(8)17)16-12-7-9(14(18)19)5-6-10(12)15;1-7(2,3)11-6(10)9-5-4-8/h8-9,12,25H,5-7,10-11H2,1-4H3,(H,23,27)(H,24,28);5-7,16H,2-4H2,1H3,(H,18,19);4-5,8H2,1-3H3,(H,9,10). The number of benzene rings is 2. The van der Waals surface area contributed by atoms with Gasteiger partial charge in [-0.05, 0) is 117 Å². The predicted octanol–water partition coefficient (Wildman–Crippen LogP) is 7.98. The van der Waals surface area contributed by atoms with Crippen LogP contribution in [0.3, 0.4) is 0 Å². The van der Waals surface area contributed by atoms with Crippen molar-refractivity contribution in [3.05, 3.63) is 80.1 Å². The van der Waals surface area contributed by atoms with Crippen molar-refractivity contribution in [1.29, 1.82) is 0 Å². The van der Waals surface area contributed by atoms with Crippen molar-refractivity contribution in [2.75, 3.05) is 36.8 Å². The molecule has 15 nitrogen and oxygen atoms in total. The van der Waals surface area contributed by atoms with E-state index in [9.17, 15) is 28.8 Å². The van der Waals surface area contributed by atoms with Crippen molar-refractivity contribution in [3.63, 3.8) is 0 Å². The number of nitrogens with one attached hydrogen (secondary N) is 5. The number of carboxylic acid groups (broad SMARTS) is 1. The molecule has 324 valence electrons. The molecule has 4 rings (SSSR count). The minimum absolute atomic E-state index is 0.124. The van der Waals surface area contributed by atoms with Gasteiger partial charge in [-0.2, -0.15) is 0 Å². The Morgan fingerprint density at radius 3 is 1.49 bits per heavy atom. The van der Waals surface area contributed by atoms with Crippen LogP contribution >= 0.6 is 23.2 Å². The summed E-state index contributed by atoms with van der Waals surface area (Å²) in [4.78, 5) is 69.3. The lowest BCUT2D eigenvalue weighted by molar-refractivity contribution is -0.116. The van der Waals surface area contributed by atoms with Crippen LogP contribution < -0.4 is 32.3 Å². The molecule has 0 unspecified atom stereocenters. The van der Waals surface area contributed by atoms with Crippen molar-refractivity contribution in [2.45, 2.75) is 105 Å². The summed E-state index contributed by atoms with van der Waals surface area (Å²) in [6.45, 7) is 15.7. The molecule has 2 aromatic rings. The summed E-state index contributed by atoms with van der Waals surface area (Å²) in [5.74, 6) is -1.05. The topological polar surface area (TPSA) is 227 Å². The van der Waals surface area contributed by atoms with Crippen LogP contribution in [0.2, 0.25) is 10.0 Å². The summed E-state index contributed by atoms with van der Waals surface area (Å²) in [7, 11) is 0. The van der Waals surface area contributed by atoms with Crippen LogP contribution in [0.1, 0.15) is 115 Å². The molecule has 0 spiro atoms. The quantitative estimate of drug-likeness (QED) is 0.107. The van der Waals surface area contributed by atoms with Gasteiger partial charge in [0.15, 0.2) is 11.6 Å². The molecule has 0 saturated heterocycles. The molecular weight excluding hydrogens is 803 g/mol. The molecule has 0 aromatic heterocycles. The van der Waals surface area contributed by atoms with Crippen molar-refractivity contribution in [1.82, 2.24) is 16.0 Å². The number of aromatic carboxylic acids is 1. The molecule has 3 amide bonds. The molecule has 2 aromatic carbocycles.